The third kappa shape index (κ3) is 7.19. The van der Waals surface area contributed by atoms with Crippen molar-refractivity contribution < 1.29 is 14.7 Å². The zero-order valence-corrected chi connectivity index (χ0v) is 14.4. The van der Waals surface area contributed by atoms with Gasteiger partial charge in [-0.25, -0.2) is 0 Å². The molecule has 1 unspecified atom stereocenters. The first kappa shape index (κ1) is 19.0. The van der Waals surface area contributed by atoms with Crippen LogP contribution in [-0.4, -0.2) is 28.4 Å². The number of hydrogen-bond acceptors (Lipinski definition) is 3. The molecule has 0 saturated carbocycles. The number of carbonyl (C=O) groups excluding carboxylic acids is 2. The third-order valence-corrected chi connectivity index (χ3v) is 3.82. The number of hydrogen-bond donors (Lipinski definition) is 2. The molecule has 0 aliphatic heterocycles. The Balaban J connectivity index is 2.58. The van der Waals surface area contributed by atoms with Crippen molar-refractivity contribution in [3.8, 4) is 0 Å². The van der Waals surface area contributed by atoms with E-state index in [2.05, 4.69) is 5.32 Å². The average molecular weight is 333 g/mol. The van der Waals surface area contributed by atoms with Crippen LogP contribution in [-0.2, 0) is 16.0 Å². The quantitative estimate of drug-likeness (QED) is 0.538. The number of thiocarbonyl (C=S) groups is 1. The van der Waals surface area contributed by atoms with Crippen LogP contribution in [0.4, 0.5) is 0 Å². The van der Waals surface area contributed by atoms with Gasteiger partial charge in [-0.1, -0.05) is 36.4 Å². The highest BCUT2D eigenvalue weighted by Crippen LogP contribution is 2.14. The van der Waals surface area contributed by atoms with Crippen LogP contribution < -0.4 is 5.32 Å². The zero-order valence-electron chi connectivity index (χ0n) is 13.5. The Morgan fingerprint density at radius 3 is 2.48 bits per heavy atom. The summed E-state index contributed by atoms with van der Waals surface area (Å²) < 4.78 is 0. The van der Waals surface area contributed by atoms with Gasteiger partial charge in [-0.2, -0.15) is 0 Å². The Hall–Kier alpha value is -2.01. The van der Waals surface area contributed by atoms with Crippen LogP contribution in [0, 0.1) is 5.92 Å². The van der Waals surface area contributed by atoms with E-state index in [4.69, 9.17) is 12.2 Å². The summed E-state index contributed by atoms with van der Waals surface area (Å²) in [5, 5.41) is 11.9. The molecule has 0 spiro atoms. The molecule has 1 atom stereocenters. The van der Waals surface area contributed by atoms with Crippen LogP contribution in [0.15, 0.2) is 42.0 Å². The molecule has 5 heteroatoms. The first-order valence-corrected chi connectivity index (χ1v) is 8.04. The number of carbonyl (C=O) groups is 2. The van der Waals surface area contributed by atoms with Crippen molar-refractivity contribution in [2.75, 3.05) is 6.54 Å². The summed E-state index contributed by atoms with van der Waals surface area (Å²) in [4.78, 5) is 23.2. The first-order chi connectivity index (χ1) is 10.9. The molecule has 124 valence electrons. The summed E-state index contributed by atoms with van der Waals surface area (Å²) >= 11 is 4.78. The van der Waals surface area contributed by atoms with E-state index < -0.39 is 5.92 Å². The monoisotopic (exact) mass is 333 g/mol. The Kier molecular flexibility index (Phi) is 8.19. The van der Waals surface area contributed by atoms with Crippen molar-refractivity contribution in [1.29, 1.82) is 0 Å². The Labute approximate surface area is 142 Å². The second-order valence-electron chi connectivity index (χ2n) is 5.44. The van der Waals surface area contributed by atoms with Crippen LogP contribution in [0.25, 0.3) is 0 Å². The Morgan fingerprint density at radius 1 is 1.26 bits per heavy atom. The van der Waals surface area contributed by atoms with E-state index in [-0.39, 0.29) is 16.7 Å². The van der Waals surface area contributed by atoms with Gasteiger partial charge in [0.25, 0.3) is 0 Å². The maximum absolute atomic E-state index is 12.4. The normalized spacial score (nSPS) is 12.5. The van der Waals surface area contributed by atoms with E-state index in [1.54, 1.807) is 6.92 Å². The van der Waals surface area contributed by atoms with Crippen LogP contribution >= 0.6 is 12.2 Å². The van der Waals surface area contributed by atoms with E-state index in [1.165, 1.54) is 12.5 Å². The van der Waals surface area contributed by atoms with Gasteiger partial charge in [0.05, 0.1) is 5.92 Å². The van der Waals surface area contributed by atoms with Crippen molar-refractivity contribution in [2.45, 2.75) is 33.1 Å². The van der Waals surface area contributed by atoms with Crippen molar-refractivity contribution >= 4 is 29.0 Å². The van der Waals surface area contributed by atoms with Crippen molar-refractivity contribution in [2.24, 2.45) is 5.92 Å². The third-order valence-electron chi connectivity index (χ3n) is 3.54. The molecule has 1 aromatic carbocycles. The lowest BCUT2D eigenvalue weighted by molar-refractivity contribution is -0.120. The highest BCUT2D eigenvalue weighted by Gasteiger charge is 2.23. The fraction of sp³-hybridized carbons (Fsp3) is 0.389. The smallest absolute Gasteiger partial charge is 0.216 e. The minimum absolute atomic E-state index is 0.171. The Bertz CT molecular complexity index is 581. The number of rotatable bonds is 9. The van der Waals surface area contributed by atoms with Crippen molar-refractivity contribution in [3.05, 3.63) is 47.5 Å². The zero-order chi connectivity index (χ0) is 17.2. The fourth-order valence-corrected chi connectivity index (χ4v) is 2.46. The van der Waals surface area contributed by atoms with Crippen molar-refractivity contribution in [3.63, 3.8) is 0 Å². The fourth-order valence-electron chi connectivity index (χ4n) is 2.23. The predicted molar refractivity (Wildman–Crippen MR) is 95.5 cm³/mol. The molecule has 23 heavy (non-hydrogen) atoms. The summed E-state index contributed by atoms with van der Waals surface area (Å²) in [5.41, 5.74) is 1.80. The second-order valence-corrected chi connectivity index (χ2v) is 5.86. The van der Waals surface area contributed by atoms with Gasteiger partial charge in [0, 0.05) is 13.5 Å². The van der Waals surface area contributed by atoms with Gasteiger partial charge < -0.3 is 10.4 Å². The number of aliphatic hydroxyl groups excluding tert-OH is 1. The SMILES string of the molecule is CC(=O)NCCC(C(=O)/C(C)=C/CCc1ccccc1)C(O)=S. The van der Waals surface area contributed by atoms with E-state index in [1.807, 2.05) is 36.4 Å². The number of benzene rings is 1. The minimum Gasteiger partial charge on any atom is -0.501 e. The summed E-state index contributed by atoms with van der Waals surface area (Å²) in [6.07, 6.45) is 3.78. The average Bonchev–Trinajstić information content (AvgIpc) is 2.51. The molecular formula is C18H23NO3S. The van der Waals surface area contributed by atoms with Gasteiger partial charge >= 0.3 is 0 Å². The molecule has 0 heterocycles. The van der Waals surface area contributed by atoms with Crippen molar-refractivity contribution in [1.82, 2.24) is 5.32 Å². The number of amides is 1. The van der Waals surface area contributed by atoms with Gasteiger partial charge in [-0.3, -0.25) is 9.59 Å². The van der Waals surface area contributed by atoms with Gasteiger partial charge in [0.2, 0.25) is 5.91 Å². The van der Waals surface area contributed by atoms with Gasteiger partial charge in [-0.15, -0.1) is 0 Å². The molecule has 1 amide bonds. The molecule has 4 nitrogen and oxygen atoms in total. The molecule has 0 aliphatic carbocycles. The van der Waals surface area contributed by atoms with Crippen LogP contribution in [0.1, 0.15) is 32.3 Å². The number of Topliss-reactive ketones (excluding diaryl/α,β-unsaturated/α-hetero) is 1. The molecule has 0 fully saturated rings. The van der Waals surface area contributed by atoms with Gasteiger partial charge in [0.1, 0.15) is 0 Å². The summed E-state index contributed by atoms with van der Waals surface area (Å²) in [6, 6.07) is 10.0. The molecule has 0 aliphatic rings. The molecule has 0 bridgehead atoms. The summed E-state index contributed by atoms with van der Waals surface area (Å²) in [5.74, 6) is -1.10. The van der Waals surface area contributed by atoms with Crippen LogP contribution in [0.3, 0.4) is 0 Å². The standard InChI is InChI=1S/C18H23NO3S/c1-13(7-6-10-15-8-4-3-5-9-15)17(21)16(18(22)23)11-12-19-14(2)20/h3-5,7-9,16H,6,10-12H2,1-2H3,(H,19,20)(H,22,23)/b13-7+. The number of ketones is 1. The Morgan fingerprint density at radius 2 is 1.91 bits per heavy atom. The maximum Gasteiger partial charge on any atom is 0.216 e. The van der Waals surface area contributed by atoms with E-state index in [0.29, 0.717) is 18.5 Å². The highest BCUT2D eigenvalue weighted by atomic mass is 32.1. The molecule has 0 saturated heterocycles. The maximum atomic E-state index is 12.4. The molecule has 1 aromatic rings. The molecule has 0 radical (unpaired) electrons. The molecule has 0 aromatic heterocycles. The summed E-state index contributed by atoms with van der Waals surface area (Å²) in [7, 11) is 0. The topological polar surface area (TPSA) is 66.4 Å². The van der Waals surface area contributed by atoms with E-state index in [9.17, 15) is 14.7 Å². The second kappa shape index (κ2) is 9.90. The lowest BCUT2D eigenvalue weighted by atomic mass is 9.94. The predicted octanol–water partition coefficient (Wildman–Crippen LogP) is 3.16. The van der Waals surface area contributed by atoms with E-state index >= 15 is 0 Å². The first-order valence-electron chi connectivity index (χ1n) is 7.64. The lowest BCUT2D eigenvalue weighted by Crippen LogP contribution is -2.29. The number of aryl methyl sites for hydroxylation is 1. The molecule has 1 rings (SSSR count). The largest absolute Gasteiger partial charge is 0.501 e. The van der Waals surface area contributed by atoms with E-state index in [0.717, 1.165) is 12.8 Å². The number of aliphatic hydroxyl groups is 1. The molecular weight excluding hydrogens is 310 g/mol. The summed E-state index contributed by atoms with van der Waals surface area (Å²) in [6.45, 7) is 3.45. The van der Waals surface area contributed by atoms with Gasteiger partial charge in [0.15, 0.2) is 10.8 Å². The lowest BCUT2D eigenvalue weighted by Gasteiger charge is -2.14. The van der Waals surface area contributed by atoms with Crippen LogP contribution in [0.2, 0.25) is 0 Å². The van der Waals surface area contributed by atoms with Gasteiger partial charge in [-0.05, 0) is 49.5 Å². The number of nitrogens with one attached hydrogen (secondary N) is 1. The van der Waals surface area contributed by atoms with Crippen LogP contribution in [0.5, 0.6) is 0 Å². The molecule has 2 N–H and O–H groups in total. The highest BCUT2D eigenvalue weighted by molar-refractivity contribution is 7.80. The number of allylic oxidation sites excluding steroid dienone is 2. The minimum atomic E-state index is -0.746.